The maximum atomic E-state index is 13.9. The van der Waals surface area contributed by atoms with E-state index in [1.807, 2.05) is 12.2 Å². The van der Waals surface area contributed by atoms with E-state index < -0.39 is 47.9 Å². The number of hydrogen-bond donors (Lipinski definition) is 0. The number of rotatable bonds is 7. The van der Waals surface area contributed by atoms with E-state index in [-0.39, 0.29) is 38.8 Å². The van der Waals surface area contributed by atoms with Crippen LogP contribution in [0.3, 0.4) is 0 Å². The van der Waals surface area contributed by atoms with Crippen LogP contribution >= 0.6 is 23.2 Å². The summed E-state index contributed by atoms with van der Waals surface area (Å²) in [6.45, 7) is -0.575. The van der Waals surface area contributed by atoms with E-state index in [0.717, 1.165) is 16.4 Å². The van der Waals surface area contributed by atoms with Crippen LogP contribution in [0.5, 0.6) is 5.75 Å². The maximum absolute atomic E-state index is 13.9. The summed E-state index contributed by atoms with van der Waals surface area (Å²) < 4.78 is 5.39. The number of esters is 1. The molecule has 1 saturated heterocycles. The maximum Gasteiger partial charge on any atom is 0.343 e. The van der Waals surface area contributed by atoms with Crippen LogP contribution in [0.15, 0.2) is 84.9 Å². The van der Waals surface area contributed by atoms with Crippen LogP contribution in [0.2, 0.25) is 10.0 Å². The van der Waals surface area contributed by atoms with E-state index in [1.54, 1.807) is 30.3 Å². The molecule has 43 heavy (non-hydrogen) atoms. The first kappa shape index (κ1) is 27.6. The quantitative estimate of drug-likeness (QED) is 0.114. The van der Waals surface area contributed by atoms with Crippen molar-refractivity contribution < 1.29 is 28.7 Å². The molecule has 0 radical (unpaired) electrons. The number of nitrogens with zero attached hydrogens (tertiary/aromatic N) is 2. The van der Waals surface area contributed by atoms with Gasteiger partial charge in [-0.1, -0.05) is 53.6 Å². The molecule has 10 heteroatoms. The third kappa shape index (κ3) is 4.65. The summed E-state index contributed by atoms with van der Waals surface area (Å²) in [6, 6.07) is 18.6. The lowest BCUT2D eigenvalue weighted by molar-refractivity contribution is -0.154. The molecular weight excluding hydrogens is 591 g/mol. The van der Waals surface area contributed by atoms with Gasteiger partial charge in [0.15, 0.2) is 5.78 Å². The molecule has 1 heterocycles. The standard InChI is InChI=1S/C33H24Cl2N2O6/c34-25-13-8-19(14-26(25)35)30(39)36(37-31(40)28-21-11-12-22(24-15-23(21)24)29(28)32(37)41)16-27(38)17-6-9-20(10-7-17)43-33(42)18-4-2-1-3-5-18/h1-14,21-24,28-29H,15-16H2/t21-,22-,23-,24+,28+,29+/m0/s1. The average molecular weight is 615 g/mol. The van der Waals surface area contributed by atoms with Crippen molar-refractivity contribution in [3.8, 4) is 5.75 Å². The van der Waals surface area contributed by atoms with Gasteiger partial charge in [0.2, 0.25) is 0 Å². The van der Waals surface area contributed by atoms with Gasteiger partial charge in [0.25, 0.3) is 17.7 Å². The van der Waals surface area contributed by atoms with Crippen molar-refractivity contribution in [1.29, 1.82) is 0 Å². The van der Waals surface area contributed by atoms with Crippen molar-refractivity contribution in [1.82, 2.24) is 10.0 Å². The Kier molecular flexibility index (Phi) is 6.71. The first-order valence-electron chi connectivity index (χ1n) is 14.0. The Morgan fingerprint density at radius 1 is 0.767 bits per heavy atom. The van der Waals surface area contributed by atoms with Crippen molar-refractivity contribution in [3.63, 3.8) is 0 Å². The summed E-state index contributed by atoms with van der Waals surface area (Å²) in [5.41, 5.74) is 0.649. The molecule has 6 atom stereocenters. The van der Waals surface area contributed by atoms with Crippen LogP contribution in [-0.2, 0) is 9.59 Å². The Morgan fingerprint density at radius 3 is 1.98 bits per heavy atom. The molecular formula is C33H24Cl2N2O6. The number of halogens is 2. The molecule has 3 fully saturated rings. The van der Waals surface area contributed by atoms with Crippen molar-refractivity contribution in [2.75, 3.05) is 6.54 Å². The Morgan fingerprint density at radius 2 is 1.37 bits per heavy atom. The smallest absolute Gasteiger partial charge is 0.343 e. The number of ketones is 1. The molecule has 2 bridgehead atoms. The average Bonchev–Trinajstić information content (AvgIpc) is 3.80. The topological polar surface area (TPSA) is 101 Å². The molecule has 0 spiro atoms. The number of hydrazine groups is 1. The van der Waals surface area contributed by atoms with Gasteiger partial charge in [0.05, 0.1) is 27.4 Å². The zero-order chi connectivity index (χ0) is 30.0. The Balaban J connectivity index is 1.16. The molecule has 1 aliphatic heterocycles. The minimum atomic E-state index is -0.730. The zero-order valence-electron chi connectivity index (χ0n) is 22.6. The van der Waals surface area contributed by atoms with Crippen LogP contribution in [0.25, 0.3) is 0 Å². The second kappa shape index (κ2) is 10.5. The van der Waals surface area contributed by atoms with Crippen LogP contribution in [-0.4, -0.2) is 46.0 Å². The van der Waals surface area contributed by atoms with Gasteiger partial charge >= 0.3 is 5.97 Å². The predicted molar refractivity (Wildman–Crippen MR) is 156 cm³/mol. The summed E-state index contributed by atoms with van der Waals surface area (Å²) in [7, 11) is 0. The minimum Gasteiger partial charge on any atom is -0.423 e. The highest BCUT2D eigenvalue weighted by Gasteiger charge is 2.68. The molecule has 8 nitrogen and oxygen atoms in total. The summed E-state index contributed by atoms with van der Waals surface area (Å²) in [5.74, 6) is -2.96. The predicted octanol–water partition coefficient (Wildman–Crippen LogP) is 5.51. The van der Waals surface area contributed by atoms with Gasteiger partial charge in [-0.05, 0) is 84.7 Å². The third-order valence-corrected chi connectivity index (χ3v) is 9.71. The fourth-order valence-electron chi connectivity index (χ4n) is 6.87. The molecule has 0 N–H and O–H groups in total. The molecule has 0 unspecified atom stereocenters. The largest absolute Gasteiger partial charge is 0.423 e. The van der Waals surface area contributed by atoms with E-state index in [1.165, 1.54) is 42.5 Å². The molecule has 216 valence electrons. The normalized spacial score (nSPS) is 26.1. The number of carbonyl (C=O) groups is 5. The highest BCUT2D eigenvalue weighted by Crippen LogP contribution is 2.65. The highest BCUT2D eigenvalue weighted by molar-refractivity contribution is 6.42. The summed E-state index contributed by atoms with van der Waals surface area (Å²) in [5, 5.41) is 2.16. The van der Waals surface area contributed by atoms with Crippen molar-refractivity contribution in [3.05, 3.63) is 112 Å². The highest BCUT2D eigenvalue weighted by atomic mass is 35.5. The Labute approximate surface area is 256 Å². The van der Waals surface area contributed by atoms with Crippen molar-refractivity contribution >= 4 is 52.7 Å². The molecule has 3 aromatic rings. The fourth-order valence-corrected chi connectivity index (χ4v) is 7.17. The van der Waals surface area contributed by atoms with Gasteiger partial charge in [-0.2, -0.15) is 5.01 Å². The summed E-state index contributed by atoms with van der Waals surface area (Å²) >= 11 is 12.2. The Bertz CT molecular complexity index is 1690. The summed E-state index contributed by atoms with van der Waals surface area (Å²) in [4.78, 5) is 67.5. The van der Waals surface area contributed by atoms with Crippen molar-refractivity contribution in [2.45, 2.75) is 6.42 Å². The second-order valence-electron chi connectivity index (χ2n) is 11.3. The third-order valence-electron chi connectivity index (χ3n) is 8.97. The second-order valence-corrected chi connectivity index (χ2v) is 12.2. The molecule has 5 aliphatic rings. The number of amides is 3. The monoisotopic (exact) mass is 614 g/mol. The number of carbonyl (C=O) groups excluding carboxylic acids is 5. The first-order chi connectivity index (χ1) is 20.7. The Hall–Kier alpha value is -4.27. The SMILES string of the molecule is O=C(CN(C(=O)c1ccc(Cl)c(Cl)c1)N1C(=O)[C@@H]2[C@H]3C=C[C@@H]([C@@H]4C[C@H]34)[C@H]2C1=O)c1ccc(OC(=O)c2ccccc2)cc1. The molecule has 8 rings (SSSR count). The van der Waals surface area contributed by atoms with Crippen LogP contribution < -0.4 is 4.74 Å². The molecule has 2 saturated carbocycles. The van der Waals surface area contributed by atoms with E-state index in [0.29, 0.717) is 17.4 Å². The summed E-state index contributed by atoms with van der Waals surface area (Å²) in [6.07, 6.45) is 5.07. The van der Waals surface area contributed by atoms with Gasteiger partial charge in [-0.3, -0.25) is 19.2 Å². The van der Waals surface area contributed by atoms with Gasteiger partial charge < -0.3 is 4.74 Å². The number of allylic oxidation sites excluding steroid dienone is 2. The first-order valence-corrected chi connectivity index (χ1v) is 14.7. The number of hydrogen-bond acceptors (Lipinski definition) is 6. The van der Waals surface area contributed by atoms with Gasteiger partial charge in [-0.15, -0.1) is 0 Å². The molecule has 4 aliphatic carbocycles. The van der Waals surface area contributed by atoms with Crippen LogP contribution in [0, 0.1) is 35.5 Å². The number of ether oxygens (including phenoxy) is 1. The lowest BCUT2D eigenvalue weighted by Crippen LogP contribution is -2.52. The van der Waals surface area contributed by atoms with Crippen molar-refractivity contribution in [2.24, 2.45) is 35.5 Å². The van der Waals surface area contributed by atoms with Gasteiger partial charge in [0.1, 0.15) is 12.3 Å². The number of benzene rings is 3. The minimum absolute atomic E-state index is 0.0507. The zero-order valence-corrected chi connectivity index (χ0v) is 24.1. The van der Waals surface area contributed by atoms with Gasteiger partial charge in [-0.25, -0.2) is 9.80 Å². The van der Waals surface area contributed by atoms with E-state index in [9.17, 15) is 24.0 Å². The number of Topliss-reactive ketones (excluding diaryl/α,β-unsaturated/α-hetero) is 1. The van der Waals surface area contributed by atoms with Crippen LogP contribution in [0.4, 0.5) is 0 Å². The van der Waals surface area contributed by atoms with E-state index in [4.69, 9.17) is 27.9 Å². The van der Waals surface area contributed by atoms with Crippen LogP contribution in [0.1, 0.15) is 37.5 Å². The van der Waals surface area contributed by atoms with E-state index >= 15 is 0 Å². The molecule has 0 aromatic heterocycles. The fraction of sp³-hybridized carbons (Fsp3) is 0.242. The lowest BCUT2D eigenvalue weighted by Gasteiger charge is -2.37. The van der Waals surface area contributed by atoms with Gasteiger partial charge in [0, 0.05) is 11.1 Å². The number of imide groups is 1. The van der Waals surface area contributed by atoms with E-state index in [2.05, 4.69) is 0 Å². The lowest BCUT2D eigenvalue weighted by atomic mass is 9.63. The molecule has 3 amide bonds. The molecule has 3 aromatic carbocycles.